The van der Waals surface area contributed by atoms with Gasteiger partial charge >= 0.3 is 0 Å². The highest BCUT2D eigenvalue weighted by molar-refractivity contribution is 7.98. The largest absolute Gasteiger partial charge is 0.321 e. The molecule has 0 spiro atoms. The number of nitrogens with zero attached hydrogens (tertiary/aromatic N) is 1. The van der Waals surface area contributed by atoms with Crippen molar-refractivity contribution in [1.82, 2.24) is 4.98 Å². The number of amides is 1. The molecule has 2 rings (SSSR count). The molecule has 3 nitrogen and oxygen atoms in total. The zero-order chi connectivity index (χ0) is 13.0. The lowest BCUT2D eigenvalue weighted by Crippen LogP contribution is -2.14. The van der Waals surface area contributed by atoms with Gasteiger partial charge in [0.05, 0.1) is 17.4 Å². The summed E-state index contributed by atoms with van der Waals surface area (Å²) in [6.07, 6.45) is 4.33. The summed E-state index contributed by atoms with van der Waals surface area (Å²) in [4.78, 5) is 16.5. The van der Waals surface area contributed by atoms with Crippen LogP contribution in [-0.4, -0.2) is 17.1 Å². The van der Waals surface area contributed by atoms with E-state index in [1.807, 2.05) is 24.5 Å². The second-order valence-corrected chi connectivity index (χ2v) is 4.36. The molecule has 0 unspecified atom stereocenters. The Kier molecular flexibility index (Phi) is 3.94. The van der Waals surface area contributed by atoms with Gasteiger partial charge in [0, 0.05) is 11.1 Å². The Balaban J connectivity index is 2.24. The number of rotatable bonds is 3. The van der Waals surface area contributed by atoms with Crippen LogP contribution in [0, 0.1) is 5.82 Å². The lowest BCUT2D eigenvalue weighted by molar-refractivity contribution is 0.102. The van der Waals surface area contributed by atoms with Crippen LogP contribution in [0.1, 0.15) is 10.4 Å². The predicted molar refractivity (Wildman–Crippen MR) is 70.4 cm³/mol. The van der Waals surface area contributed by atoms with Gasteiger partial charge in [-0.25, -0.2) is 4.39 Å². The highest BCUT2D eigenvalue weighted by Gasteiger charge is 2.12. The third kappa shape index (κ3) is 2.68. The van der Waals surface area contributed by atoms with E-state index in [4.69, 9.17) is 0 Å². The van der Waals surface area contributed by atoms with Crippen LogP contribution >= 0.6 is 11.8 Å². The summed E-state index contributed by atoms with van der Waals surface area (Å²) >= 11 is 1.52. The maximum absolute atomic E-state index is 13.4. The Labute approximate surface area is 108 Å². The summed E-state index contributed by atoms with van der Waals surface area (Å²) in [5.74, 6) is -1.10. The molecular weight excluding hydrogens is 251 g/mol. The van der Waals surface area contributed by atoms with Gasteiger partial charge in [0.1, 0.15) is 0 Å². The first-order valence-electron chi connectivity index (χ1n) is 5.26. The van der Waals surface area contributed by atoms with E-state index in [-0.39, 0.29) is 5.56 Å². The summed E-state index contributed by atoms with van der Waals surface area (Å²) in [6, 6.07) is 8.73. The molecule has 92 valence electrons. The monoisotopic (exact) mass is 262 g/mol. The van der Waals surface area contributed by atoms with Crippen LogP contribution in [0.4, 0.5) is 10.1 Å². The first kappa shape index (κ1) is 12.6. The number of carbonyl (C=O) groups is 1. The van der Waals surface area contributed by atoms with Crippen molar-refractivity contribution in [3.05, 3.63) is 54.1 Å². The zero-order valence-electron chi connectivity index (χ0n) is 9.68. The highest BCUT2D eigenvalue weighted by atomic mass is 32.2. The van der Waals surface area contributed by atoms with Gasteiger partial charge in [0.15, 0.2) is 5.82 Å². The van der Waals surface area contributed by atoms with Crippen molar-refractivity contribution in [3.8, 4) is 0 Å². The smallest absolute Gasteiger partial charge is 0.258 e. The number of anilines is 1. The number of para-hydroxylation sites is 1. The van der Waals surface area contributed by atoms with Gasteiger partial charge in [0.25, 0.3) is 5.91 Å². The minimum atomic E-state index is -0.628. The number of hydrogen-bond acceptors (Lipinski definition) is 3. The molecule has 1 aromatic heterocycles. The average Bonchev–Trinajstić information content (AvgIpc) is 2.39. The fourth-order valence-electron chi connectivity index (χ4n) is 1.50. The molecule has 0 saturated carbocycles. The molecule has 0 atom stereocenters. The van der Waals surface area contributed by atoms with E-state index in [0.717, 1.165) is 11.1 Å². The highest BCUT2D eigenvalue weighted by Crippen LogP contribution is 2.25. The number of halogens is 1. The quantitative estimate of drug-likeness (QED) is 0.864. The van der Waals surface area contributed by atoms with Crippen molar-refractivity contribution in [2.45, 2.75) is 4.90 Å². The van der Waals surface area contributed by atoms with Crippen molar-refractivity contribution >= 4 is 23.4 Å². The van der Waals surface area contributed by atoms with Crippen LogP contribution in [0.2, 0.25) is 0 Å². The third-order valence-electron chi connectivity index (χ3n) is 2.37. The van der Waals surface area contributed by atoms with E-state index in [1.165, 1.54) is 24.0 Å². The summed E-state index contributed by atoms with van der Waals surface area (Å²) in [7, 11) is 0. The molecule has 0 aliphatic rings. The summed E-state index contributed by atoms with van der Waals surface area (Å²) in [6.45, 7) is 0. The first-order valence-corrected chi connectivity index (χ1v) is 6.48. The second kappa shape index (κ2) is 5.64. The molecule has 0 aliphatic carbocycles. The van der Waals surface area contributed by atoms with E-state index >= 15 is 0 Å². The van der Waals surface area contributed by atoms with Crippen LogP contribution in [0.3, 0.4) is 0 Å². The molecule has 0 radical (unpaired) electrons. The van der Waals surface area contributed by atoms with Gasteiger partial charge in [0.2, 0.25) is 0 Å². The lowest BCUT2D eigenvalue weighted by Gasteiger charge is -2.09. The molecule has 0 fully saturated rings. The SMILES string of the molecule is CSc1ccccc1NC(=O)c1ccncc1F. The van der Waals surface area contributed by atoms with Crippen molar-refractivity contribution < 1.29 is 9.18 Å². The zero-order valence-corrected chi connectivity index (χ0v) is 10.5. The van der Waals surface area contributed by atoms with Gasteiger partial charge in [-0.1, -0.05) is 12.1 Å². The Bertz CT molecular complexity index is 574. The minimum absolute atomic E-state index is 0.0130. The molecule has 5 heteroatoms. The van der Waals surface area contributed by atoms with E-state index in [9.17, 15) is 9.18 Å². The fraction of sp³-hybridized carbons (Fsp3) is 0.0769. The number of hydrogen-bond donors (Lipinski definition) is 1. The molecule has 1 heterocycles. The van der Waals surface area contributed by atoms with E-state index in [1.54, 1.807) is 6.07 Å². The Hall–Kier alpha value is -1.88. The van der Waals surface area contributed by atoms with E-state index < -0.39 is 11.7 Å². The molecule has 0 bridgehead atoms. The van der Waals surface area contributed by atoms with Crippen LogP contribution in [-0.2, 0) is 0 Å². The molecule has 1 N–H and O–H groups in total. The van der Waals surface area contributed by atoms with Gasteiger partial charge < -0.3 is 5.32 Å². The molecule has 0 aliphatic heterocycles. The van der Waals surface area contributed by atoms with E-state index in [2.05, 4.69) is 10.3 Å². The average molecular weight is 262 g/mol. The first-order chi connectivity index (χ1) is 8.72. The van der Waals surface area contributed by atoms with Crippen LogP contribution in [0.5, 0.6) is 0 Å². The van der Waals surface area contributed by atoms with Crippen LogP contribution in [0.25, 0.3) is 0 Å². The van der Waals surface area contributed by atoms with Crippen LogP contribution in [0.15, 0.2) is 47.6 Å². The molecular formula is C13H11FN2OS. The van der Waals surface area contributed by atoms with Crippen molar-refractivity contribution in [2.24, 2.45) is 0 Å². The number of aromatic nitrogens is 1. The van der Waals surface area contributed by atoms with E-state index in [0.29, 0.717) is 5.69 Å². The van der Waals surface area contributed by atoms with Gasteiger partial charge in [-0.05, 0) is 24.5 Å². The van der Waals surface area contributed by atoms with Gasteiger partial charge in [-0.3, -0.25) is 9.78 Å². The lowest BCUT2D eigenvalue weighted by atomic mass is 10.2. The number of nitrogens with one attached hydrogen (secondary N) is 1. The molecule has 1 amide bonds. The number of carbonyl (C=O) groups excluding carboxylic acids is 1. The normalized spacial score (nSPS) is 10.1. The van der Waals surface area contributed by atoms with Crippen molar-refractivity contribution in [3.63, 3.8) is 0 Å². The predicted octanol–water partition coefficient (Wildman–Crippen LogP) is 3.19. The summed E-state index contributed by atoms with van der Waals surface area (Å²) in [5, 5.41) is 2.69. The maximum Gasteiger partial charge on any atom is 0.258 e. The Morgan fingerprint density at radius 1 is 1.33 bits per heavy atom. The number of pyridine rings is 1. The standard InChI is InChI=1S/C13H11FN2OS/c1-18-12-5-3-2-4-11(12)16-13(17)9-6-7-15-8-10(9)14/h2-8H,1H3,(H,16,17). The third-order valence-corrected chi connectivity index (χ3v) is 3.17. The number of benzene rings is 1. The maximum atomic E-state index is 13.4. The minimum Gasteiger partial charge on any atom is -0.321 e. The molecule has 1 aromatic carbocycles. The topological polar surface area (TPSA) is 42.0 Å². The fourth-order valence-corrected chi connectivity index (χ4v) is 2.05. The van der Waals surface area contributed by atoms with Crippen molar-refractivity contribution in [2.75, 3.05) is 11.6 Å². The molecule has 18 heavy (non-hydrogen) atoms. The Morgan fingerprint density at radius 3 is 2.83 bits per heavy atom. The number of thioether (sulfide) groups is 1. The second-order valence-electron chi connectivity index (χ2n) is 3.51. The molecule has 0 saturated heterocycles. The van der Waals surface area contributed by atoms with Gasteiger partial charge in [-0.15, -0.1) is 11.8 Å². The molecule has 2 aromatic rings. The summed E-state index contributed by atoms with van der Waals surface area (Å²) in [5.41, 5.74) is 0.659. The Morgan fingerprint density at radius 2 is 2.11 bits per heavy atom. The summed E-state index contributed by atoms with van der Waals surface area (Å²) < 4.78 is 13.4. The van der Waals surface area contributed by atoms with Gasteiger partial charge in [-0.2, -0.15) is 0 Å². The van der Waals surface area contributed by atoms with Crippen LogP contribution < -0.4 is 5.32 Å². The van der Waals surface area contributed by atoms with Crippen molar-refractivity contribution in [1.29, 1.82) is 0 Å².